The summed E-state index contributed by atoms with van der Waals surface area (Å²) in [5.41, 5.74) is 0. The minimum atomic E-state index is 0.850. The van der Waals surface area contributed by atoms with Crippen LogP contribution in [0.3, 0.4) is 0 Å². The molecule has 0 fully saturated rings. The van der Waals surface area contributed by atoms with Crippen molar-refractivity contribution in [2.75, 3.05) is 0 Å². The number of hydrogen-bond acceptors (Lipinski definition) is 3. The van der Waals surface area contributed by atoms with Gasteiger partial charge in [0.05, 0.1) is 12.3 Å². The lowest BCUT2D eigenvalue weighted by Gasteiger charge is -1.88. The molecule has 56 valence electrons. The highest BCUT2D eigenvalue weighted by atomic mass is 15.6. The van der Waals surface area contributed by atoms with Gasteiger partial charge in [-0.1, -0.05) is 0 Å². The Hall–Kier alpha value is -1.72. The molecule has 2 rings (SSSR count). The summed E-state index contributed by atoms with van der Waals surface area (Å²) in [6, 6.07) is 0. The number of aromatic amines is 1. The van der Waals surface area contributed by atoms with Gasteiger partial charge < -0.3 is 0 Å². The van der Waals surface area contributed by atoms with Crippen LogP contribution in [-0.4, -0.2) is 25.0 Å². The van der Waals surface area contributed by atoms with E-state index in [0.29, 0.717) is 0 Å². The second kappa shape index (κ2) is 2.15. The fourth-order valence-electron chi connectivity index (χ4n) is 0.850. The number of H-pyrrole nitrogens is 1. The Morgan fingerprint density at radius 1 is 1.64 bits per heavy atom. The number of rotatable bonds is 1. The first-order valence-electron chi connectivity index (χ1n) is 3.13. The van der Waals surface area contributed by atoms with Gasteiger partial charge in [0, 0.05) is 5.10 Å². The van der Waals surface area contributed by atoms with Crippen molar-refractivity contribution in [1.82, 2.24) is 25.0 Å². The van der Waals surface area contributed by atoms with Crippen molar-refractivity contribution < 1.29 is 4.80 Å². The average Bonchev–Trinajstić information content (AvgIpc) is 2.55. The molecule has 0 aromatic carbocycles. The average molecular weight is 151 g/mol. The second-order valence-corrected chi connectivity index (χ2v) is 2.14. The van der Waals surface area contributed by atoms with Crippen LogP contribution in [0.4, 0.5) is 0 Å². The Morgan fingerprint density at radius 2 is 2.55 bits per heavy atom. The Kier molecular flexibility index (Phi) is 1.18. The molecule has 6 nitrogen and oxygen atoms in total. The fraction of sp³-hybridized carbons (Fsp3) is 0.200. The molecular formula is C5H7N6+. The number of aryl methyl sites for hydroxylation is 1. The van der Waals surface area contributed by atoms with Crippen molar-refractivity contribution in [3.05, 3.63) is 18.9 Å². The van der Waals surface area contributed by atoms with Crippen molar-refractivity contribution in [2.45, 2.75) is 0 Å². The zero-order valence-electron chi connectivity index (χ0n) is 5.97. The minimum absolute atomic E-state index is 0.850. The van der Waals surface area contributed by atoms with Gasteiger partial charge in [0.1, 0.15) is 6.20 Å². The summed E-state index contributed by atoms with van der Waals surface area (Å²) in [5, 5.41) is 10.2. The normalized spacial score (nSPS) is 10.3. The number of nitrogens with zero attached hydrogens (tertiary/aromatic N) is 5. The van der Waals surface area contributed by atoms with Gasteiger partial charge >= 0.3 is 0 Å². The van der Waals surface area contributed by atoms with Crippen LogP contribution in [-0.2, 0) is 7.05 Å². The molecule has 11 heavy (non-hydrogen) atoms. The summed E-state index contributed by atoms with van der Waals surface area (Å²) in [5.74, 6) is 0.850. The van der Waals surface area contributed by atoms with E-state index in [1.807, 2.05) is 11.6 Å². The molecule has 0 amide bonds. The molecule has 0 aliphatic carbocycles. The summed E-state index contributed by atoms with van der Waals surface area (Å²) < 4.78 is 1.84. The van der Waals surface area contributed by atoms with Crippen LogP contribution in [0.15, 0.2) is 18.9 Å². The van der Waals surface area contributed by atoms with Crippen molar-refractivity contribution >= 4 is 0 Å². The van der Waals surface area contributed by atoms with E-state index in [9.17, 15) is 0 Å². The van der Waals surface area contributed by atoms with Gasteiger partial charge in [-0.3, -0.25) is 0 Å². The first-order chi connectivity index (χ1) is 5.38. The maximum atomic E-state index is 3.93. The van der Waals surface area contributed by atoms with Gasteiger partial charge in [-0.05, 0) is 4.80 Å². The zero-order valence-corrected chi connectivity index (χ0v) is 5.97. The minimum Gasteiger partial charge on any atom is -0.248 e. The molecule has 2 heterocycles. The monoisotopic (exact) mass is 151 g/mol. The van der Waals surface area contributed by atoms with E-state index in [2.05, 4.69) is 20.4 Å². The highest BCUT2D eigenvalue weighted by Gasteiger charge is 2.08. The van der Waals surface area contributed by atoms with Gasteiger partial charge in [-0.25, -0.2) is 9.55 Å². The first kappa shape index (κ1) is 6.02. The largest absolute Gasteiger partial charge is 0.292 e. The topological polar surface area (TPSA) is 63.3 Å². The second-order valence-electron chi connectivity index (χ2n) is 2.14. The number of nitrogens with one attached hydrogen (secondary N) is 1. The summed E-state index contributed by atoms with van der Waals surface area (Å²) in [6.07, 6.45) is 4.91. The maximum Gasteiger partial charge on any atom is 0.292 e. The lowest BCUT2D eigenvalue weighted by molar-refractivity contribution is -0.721. The molecule has 0 atom stereocenters. The van der Waals surface area contributed by atoms with Crippen molar-refractivity contribution in [3.63, 3.8) is 0 Å². The Morgan fingerprint density at radius 3 is 3.09 bits per heavy atom. The molecule has 0 bridgehead atoms. The van der Waals surface area contributed by atoms with Crippen molar-refractivity contribution in [2.24, 2.45) is 7.05 Å². The standard InChI is InChI=1S/C5H6N6/c1-10-4-6-2-5(10)11-8-3-7-9-11/h2-4H,1H3/p+1. The van der Waals surface area contributed by atoms with E-state index >= 15 is 0 Å². The van der Waals surface area contributed by atoms with Gasteiger partial charge in [0.2, 0.25) is 6.33 Å². The molecule has 6 heteroatoms. The van der Waals surface area contributed by atoms with E-state index in [1.165, 1.54) is 11.1 Å². The molecule has 2 aromatic rings. The van der Waals surface area contributed by atoms with Gasteiger partial charge in [-0.2, -0.15) is 5.10 Å². The van der Waals surface area contributed by atoms with Crippen LogP contribution in [0.2, 0.25) is 0 Å². The van der Waals surface area contributed by atoms with Crippen LogP contribution in [0.1, 0.15) is 0 Å². The predicted molar refractivity (Wildman–Crippen MR) is 34.7 cm³/mol. The van der Waals surface area contributed by atoms with Crippen LogP contribution in [0, 0.1) is 0 Å². The Labute approximate surface area is 62.5 Å². The number of imidazole rings is 1. The summed E-state index contributed by atoms with van der Waals surface area (Å²) in [6.45, 7) is 0. The quantitative estimate of drug-likeness (QED) is 0.521. The molecule has 0 radical (unpaired) electrons. The molecule has 0 saturated carbocycles. The Bertz CT molecular complexity index is 333. The van der Waals surface area contributed by atoms with Crippen LogP contribution >= 0.6 is 0 Å². The number of hydrogen-bond donors (Lipinski definition) is 1. The fourth-order valence-corrected chi connectivity index (χ4v) is 0.850. The third-order valence-corrected chi connectivity index (χ3v) is 1.39. The zero-order chi connectivity index (χ0) is 7.68. The predicted octanol–water partition coefficient (Wildman–Crippen LogP) is -1.19. The van der Waals surface area contributed by atoms with Crippen molar-refractivity contribution in [1.29, 1.82) is 0 Å². The summed E-state index contributed by atoms with van der Waals surface area (Å²) >= 11 is 0. The van der Waals surface area contributed by atoms with Gasteiger partial charge in [0.25, 0.3) is 5.82 Å². The summed E-state index contributed by atoms with van der Waals surface area (Å²) in [4.78, 5) is 5.47. The van der Waals surface area contributed by atoms with Gasteiger partial charge in [0.15, 0.2) is 6.33 Å². The maximum absolute atomic E-state index is 3.93. The van der Waals surface area contributed by atoms with Gasteiger partial charge in [-0.15, -0.1) is 0 Å². The molecule has 0 spiro atoms. The molecule has 2 aromatic heterocycles. The summed E-state index contributed by atoms with van der Waals surface area (Å²) in [7, 11) is 1.89. The third-order valence-electron chi connectivity index (χ3n) is 1.39. The van der Waals surface area contributed by atoms with E-state index in [1.54, 1.807) is 12.5 Å². The molecular weight excluding hydrogens is 144 g/mol. The first-order valence-corrected chi connectivity index (χ1v) is 3.13. The van der Waals surface area contributed by atoms with Crippen LogP contribution in [0.5, 0.6) is 0 Å². The molecule has 0 aliphatic heterocycles. The molecule has 0 unspecified atom stereocenters. The number of aromatic nitrogens is 6. The van der Waals surface area contributed by atoms with E-state index in [0.717, 1.165) is 5.82 Å². The van der Waals surface area contributed by atoms with Crippen molar-refractivity contribution in [3.8, 4) is 5.82 Å². The third kappa shape index (κ3) is 0.878. The molecule has 0 saturated heterocycles. The lowest BCUT2D eigenvalue weighted by atomic mass is 10.7. The lowest BCUT2D eigenvalue weighted by Crippen LogP contribution is -2.38. The van der Waals surface area contributed by atoms with E-state index < -0.39 is 0 Å². The smallest absolute Gasteiger partial charge is 0.248 e. The Balaban J connectivity index is 2.53. The molecule has 1 N–H and O–H groups in total. The van der Waals surface area contributed by atoms with Crippen LogP contribution in [0.25, 0.3) is 5.82 Å². The van der Waals surface area contributed by atoms with E-state index in [-0.39, 0.29) is 0 Å². The highest BCUT2D eigenvalue weighted by Crippen LogP contribution is 1.90. The van der Waals surface area contributed by atoms with Crippen LogP contribution < -0.4 is 4.80 Å². The number of tetrazole rings is 1. The molecule has 0 aliphatic rings. The highest BCUT2D eigenvalue weighted by molar-refractivity contribution is 5.02. The SMILES string of the molecule is Cn1cncc1-[n+]1nnc[nH]1. The van der Waals surface area contributed by atoms with E-state index in [4.69, 9.17) is 0 Å².